The Kier molecular flexibility index (Phi) is 4.80. The fourth-order valence-electron chi connectivity index (χ4n) is 3.39. The molecule has 0 bridgehead atoms. The van der Waals surface area contributed by atoms with E-state index in [0.29, 0.717) is 24.7 Å². The highest BCUT2D eigenvalue weighted by atomic mass is 16.5. The van der Waals surface area contributed by atoms with E-state index in [4.69, 9.17) is 4.74 Å². The molecular formula is C21H19N3O4. The molecule has 0 fully saturated rings. The number of fused-ring (bicyclic) bond motifs is 1. The Morgan fingerprint density at radius 3 is 2.39 bits per heavy atom. The Morgan fingerprint density at radius 2 is 1.71 bits per heavy atom. The minimum atomic E-state index is -1.08. The molecule has 142 valence electrons. The molecule has 0 radical (unpaired) electrons. The van der Waals surface area contributed by atoms with Crippen LogP contribution in [-0.2, 0) is 11.3 Å². The van der Waals surface area contributed by atoms with Gasteiger partial charge in [-0.1, -0.05) is 48.5 Å². The molecule has 2 aromatic carbocycles. The van der Waals surface area contributed by atoms with Gasteiger partial charge in [-0.3, -0.25) is 4.79 Å². The Labute approximate surface area is 161 Å². The summed E-state index contributed by atoms with van der Waals surface area (Å²) >= 11 is 0. The van der Waals surface area contributed by atoms with Crippen molar-refractivity contribution in [1.29, 1.82) is 0 Å². The number of carboxylic acid groups (broad SMARTS) is 1. The lowest BCUT2D eigenvalue weighted by molar-refractivity contribution is -0.136. The van der Waals surface area contributed by atoms with Crippen LogP contribution in [0.3, 0.4) is 0 Å². The minimum absolute atomic E-state index is 0.0224. The first kappa shape index (κ1) is 17.8. The molecule has 1 aromatic heterocycles. The Morgan fingerprint density at radius 1 is 1.04 bits per heavy atom. The van der Waals surface area contributed by atoms with E-state index in [9.17, 15) is 14.7 Å². The molecule has 0 aliphatic carbocycles. The van der Waals surface area contributed by atoms with E-state index in [1.165, 1.54) is 6.20 Å². The number of aromatic carboxylic acids is 1. The van der Waals surface area contributed by atoms with Crippen LogP contribution in [0.15, 0.2) is 66.9 Å². The second-order valence-corrected chi connectivity index (χ2v) is 6.48. The van der Waals surface area contributed by atoms with E-state index in [0.717, 1.165) is 5.56 Å². The SMILES string of the molecule is O=C(O)c1cn2c(n1)[C@@H](c1ccccc1)N(C(=O)COc1ccccc1)CC2. The molecule has 2 heterocycles. The number of carbonyl (C=O) groups is 2. The largest absolute Gasteiger partial charge is 0.484 e. The van der Waals surface area contributed by atoms with E-state index in [2.05, 4.69) is 4.98 Å². The predicted molar refractivity (Wildman–Crippen MR) is 101 cm³/mol. The average Bonchev–Trinajstić information content (AvgIpc) is 3.17. The van der Waals surface area contributed by atoms with Gasteiger partial charge in [0.1, 0.15) is 17.6 Å². The second-order valence-electron chi connectivity index (χ2n) is 6.48. The molecule has 0 unspecified atom stereocenters. The van der Waals surface area contributed by atoms with Crippen molar-refractivity contribution < 1.29 is 19.4 Å². The zero-order valence-electron chi connectivity index (χ0n) is 15.1. The summed E-state index contributed by atoms with van der Waals surface area (Å²) in [6, 6.07) is 18.2. The number of amides is 1. The minimum Gasteiger partial charge on any atom is -0.484 e. The normalized spacial score (nSPS) is 15.7. The highest BCUT2D eigenvalue weighted by molar-refractivity contribution is 5.85. The molecule has 28 heavy (non-hydrogen) atoms. The highest BCUT2D eigenvalue weighted by Gasteiger charge is 2.34. The number of imidazole rings is 1. The van der Waals surface area contributed by atoms with Crippen molar-refractivity contribution >= 4 is 11.9 Å². The summed E-state index contributed by atoms with van der Waals surface area (Å²) in [5, 5.41) is 9.30. The van der Waals surface area contributed by atoms with Crippen LogP contribution in [0.4, 0.5) is 0 Å². The third-order valence-electron chi connectivity index (χ3n) is 4.71. The number of hydrogen-bond donors (Lipinski definition) is 1. The molecule has 7 nitrogen and oxygen atoms in total. The van der Waals surface area contributed by atoms with Gasteiger partial charge in [-0.25, -0.2) is 9.78 Å². The Balaban J connectivity index is 1.63. The van der Waals surface area contributed by atoms with Crippen LogP contribution in [0.25, 0.3) is 0 Å². The van der Waals surface area contributed by atoms with E-state index in [-0.39, 0.29) is 18.2 Å². The van der Waals surface area contributed by atoms with Crippen LogP contribution in [0.5, 0.6) is 5.75 Å². The van der Waals surface area contributed by atoms with Crippen molar-refractivity contribution in [3.8, 4) is 5.75 Å². The number of nitrogens with zero attached hydrogens (tertiary/aromatic N) is 3. The third kappa shape index (κ3) is 3.46. The molecule has 1 atom stereocenters. The lowest BCUT2D eigenvalue weighted by Crippen LogP contribution is -2.44. The predicted octanol–water partition coefficient (Wildman–Crippen LogP) is 2.59. The summed E-state index contributed by atoms with van der Waals surface area (Å²) in [5.74, 6) is -0.0930. The van der Waals surface area contributed by atoms with Crippen LogP contribution in [-0.4, -0.2) is 44.6 Å². The number of rotatable bonds is 5. The summed E-state index contributed by atoms with van der Waals surface area (Å²) in [5.41, 5.74) is 0.852. The van der Waals surface area contributed by atoms with Gasteiger partial charge in [0.25, 0.3) is 5.91 Å². The lowest BCUT2D eigenvalue weighted by atomic mass is 10.0. The first-order valence-corrected chi connectivity index (χ1v) is 8.96. The maximum Gasteiger partial charge on any atom is 0.356 e. The molecule has 0 saturated carbocycles. The molecule has 4 rings (SSSR count). The van der Waals surface area contributed by atoms with Gasteiger partial charge in [0.05, 0.1) is 0 Å². The monoisotopic (exact) mass is 377 g/mol. The molecule has 3 aromatic rings. The smallest absolute Gasteiger partial charge is 0.356 e. The topological polar surface area (TPSA) is 84.7 Å². The van der Waals surface area contributed by atoms with Crippen LogP contribution >= 0.6 is 0 Å². The Hall–Kier alpha value is -3.61. The summed E-state index contributed by atoms with van der Waals surface area (Å²) in [4.78, 5) is 30.3. The molecule has 0 saturated heterocycles. The number of para-hydroxylation sites is 1. The third-order valence-corrected chi connectivity index (χ3v) is 4.71. The van der Waals surface area contributed by atoms with E-state index in [1.54, 1.807) is 17.0 Å². The number of hydrogen-bond acceptors (Lipinski definition) is 4. The van der Waals surface area contributed by atoms with Gasteiger partial charge >= 0.3 is 5.97 Å². The van der Waals surface area contributed by atoms with Crippen LogP contribution in [0.1, 0.15) is 27.9 Å². The first-order chi connectivity index (χ1) is 13.6. The first-order valence-electron chi connectivity index (χ1n) is 8.96. The molecule has 0 spiro atoms. The average molecular weight is 377 g/mol. The van der Waals surface area contributed by atoms with Crippen LogP contribution in [0.2, 0.25) is 0 Å². The molecule has 1 amide bonds. The van der Waals surface area contributed by atoms with Gasteiger partial charge in [0.15, 0.2) is 12.3 Å². The number of carboxylic acids is 1. The Bertz CT molecular complexity index is 985. The van der Waals surface area contributed by atoms with E-state index >= 15 is 0 Å². The molecule has 7 heteroatoms. The number of ether oxygens (including phenoxy) is 1. The summed E-state index contributed by atoms with van der Waals surface area (Å²) in [6.45, 7) is 0.828. The fourth-order valence-corrected chi connectivity index (χ4v) is 3.39. The molecule has 1 aliphatic heterocycles. The summed E-state index contributed by atoms with van der Waals surface area (Å²) in [7, 11) is 0. The second kappa shape index (κ2) is 7.56. The van der Waals surface area contributed by atoms with Gasteiger partial charge in [0.2, 0.25) is 0 Å². The fraction of sp³-hybridized carbons (Fsp3) is 0.190. The molecule has 1 aliphatic rings. The van der Waals surface area contributed by atoms with E-state index < -0.39 is 12.0 Å². The van der Waals surface area contributed by atoms with Crippen molar-refractivity contribution in [2.24, 2.45) is 0 Å². The van der Waals surface area contributed by atoms with Gasteiger partial charge in [-0.2, -0.15) is 0 Å². The maximum absolute atomic E-state index is 13.0. The number of benzene rings is 2. The van der Waals surface area contributed by atoms with Gasteiger partial charge in [-0.05, 0) is 17.7 Å². The van der Waals surface area contributed by atoms with Gasteiger partial charge in [0, 0.05) is 19.3 Å². The zero-order valence-corrected chi connectivity index (χ0v) is 15.1. The number of aromatic nitrogens is 2. The van der Waals surface area contributed by atoms with Crippen molar-refractivity contribution in [3.05, 3.63) is 83.9 Å². The summed E-state index contributed by atoms with van der Waals surface area (Å²) in [6.07, 6.45) is 1.52. The molecular weight excluding hydrogens is 358 g/mol. The van der Waals surface area contributed by atoms with Crippen LogP contribution < -0.4 is 4.74 Å². The van der Waals surface area contributed by atoms with E-state index in [1.807, 2.05) is 53.1 Å². The summed E-state index contributed by atoms with van der Waals surface area (Å²) < 4.78 is 7.43. The molecule has 1 N–H and O–H groups in total. The van der Waals surface area contributed by atoms with Crippen LogP contribution in [0, 0.1) is 0 Å². The van der Waals surface area contributed by atoms with Gasteiger partial charge in [-0.15, -0.1) is 0 Å². The van der Waals surface area contributed by atoms with Crippen molar-refractivity contribution in [3.63, 3.8) is 0 Å². The highest BCUT2D eigenvalue weighted by Crippen LogP contribution is 2.31. The zero-order chi connectivity index (χ0) is 19.5. The van der Waals surface area contributed by atoms with Gasteiger partial charge < -0.3 is 19.3 Å². The lowest BCUT2D eigenvalue weighted by Gasteiger charge is -2.36. The maximum atomic E-state index is 13.0. The van der Waals surface area contributed by atoms with Crippen molar-refractivity contribution in [2.75, 3.05) is 13.2 Å². The quantitative estimate of drug-likeness (QED) is 0.739. The van der Waals surface area contributed by atoms with Crippen molar-refractivity contribution in [1.82, 2.24) is 14.5 Å². The van der Waals surface area contributed by atoms with Crippen molar-refractivity contribution in [2.45, 2.75) is 12.6 Å². The number of carbonyl (C=O) groups excluding carboxylic acids is 1. The standard InChI is InChI=1S/C21H19N3O4/c25-18(14-28-16-9-5-2-6-10-16)24-12-11-23-13-17(21(26)27)22-20(23)19(24)15-7-3-1-4-8-15/h1-10,13,19H,11-12,14H2,(H,26,27)/t19-/m1/s1.